The van der Waals surface area contributed by atoms with Crippen LogP contribution in [-0.4, -0.2) is 12.6 Å². The van der Waals surface area contributed by atoms with Gasteiger partial charge in [-0.25, -0.2) is 0 Å². The second-order valence-electron chi connectivity index (χ2n) is 5.66. The van der Waals surface area contributed by atoms with Gasteiger partial charge in [-0.3, -0.25) is 0 Å². The number of rotatable bonds is 9. The van der Waals surface area contributed by atoms with Crippen molar-refractivity contribution >= 4 is 0 Å². The molecule has 2 heteroatoms. The maximum absolute atomic E-state index is 5.68. The van der Waals surface area contributed by atoms with Gasteiger partial charge in [0.2, 0.25) is 0 Å². The number of benzene rings is 1. The molecule has 1 saturated carbocycles. The molecule has 1 aromatic rings. The van der Waals surface area contributed by atoms with Gasteiger partial charge in [0.15, 0.2) is 0 Å². The normalized spacial score (nSPS) is 16.3. The molecule has 0 radical (unpaired) electrons. The van der Waals surface area contributed by atoms with Gasteiger partial charge in [-0.2, -0.15) is 0 Å². The fourth-order valence-electron chi connectivity index (χ4n) is 2.38. The molecule has 0 amide bonds. The maximum Gasteiger partial charge on any atom is 0.119 e. The zero-order chi connectivity index (χ0) is 13.5. The van der Waals surface area contributed by atoms with Crippen LogP contribution in [0.1, 0.15) is 51.5 Å². The lowest BCUT2D eigenvalue weighted by Gasteiger charge is -2.17. The SMILES string of the molecule is CCCOc1cccc(CNC(CC)CC2CC2)c1. The predicted molar refractivity (Wildman–Crippen MR) is 80.5 cm³/mol. The fourth-order valence-corrected chi connectivity index (χ4v) is 2.38. The first-order valence-corrected chi connectivity index (χ1v) is 7.77. The summed E-state index contributed by atoms with van der Waals surface area (Å²) in [6.07, 6.45) is 6.52. The van der Waals surface area contributed by atoms with Crippen LogP contribution in [0.25, 0.3) is 0 Å². The topological polar surface area (TPSA) is 21.3 Å². The number of hydrogen-bond donors (Lipinski definition) is 1. The lowest BCUT2D eigenvalue weighted by atomic mass is 10.1. The molecule has 1 atom stereocenters. The summed E-state index contributed by atoms with van der Waals surface area (Å²) in [5.74, 6) is 1.99. The first kappa shape index (κ1) is 14.4. The van der Waals surface area contributed by atoms with Gasteiger partial charge in [-0.05, 0) is 42.9 Å². The van der Waals surface area contributed by atoms with Crippen LogP contribution in [0.5, 0.6) is 5.75 Å². The van der Waals surface area contributed by atoms with Gasteiger partial charge in [0.1, 0.15) is 5.75 Å². The van der Waals surface area contributed by atoms with Gasteiger partial charge in [0, 0.05) is 12.6 Å². The summed E-state index contributed by atoms with van der Waals surface area (Å²) in [6.45, 7) is 6.17. The van der Waals surface area contributed by atoms with Crippen LogP contribution in [0, 0.1) is 5.92 Å². The van der Waals surface area contributed by atoms with Crippen LogP contribution in [0.2, 0.25) is 0 Å². The van der Waals surface area contributed by atoms with E-state index in [4.69, 9.17) is 4.74 Å². The first-order valence-electron chi connectivity index (χ1n) is 7.77. The fraction of sp³-hybridized carbons (Fsp3) is 0.647. The number of hydrogen-bond acceptors (Lipinski definition) is 2. The Labute approximate surface area is 117 Å². The highest BCUT2D eigenvalue weighted by atomic mass is 16.5. The molecule has 2 rings (SSSR count). The van der Waals surface area contributed by atoms with E-state index >= 15 is 0 Å². The van der Waals surface area contributed by atoms with Crippen molar-refractivity contribution < 1.29 is 4.74 Å². The predicted octanol–water partition coefficient (Wildman–Crippen LogP) is 4.14. The van der Waals surface area contributed by atoms with Crippen LogP contribution < -0.4 is 10.1 Å². The second-order valence-corrected chi connectivity index (χ2v) is 5.66. The Hall–Kier alpha value is -1.02. The molecular weight excluding hydrogens is 234 g/mol. The van der Waals surface area contributed by atoms with Gasteiger partial charge < -0.3 is 10.1 Å². The van der Waals surface area contributed by atoms with Crippen molar-refractivity contribution in [1.82, 2.24) is 5.32 Å². The van der Waals surface area contributed by atoms with Crippen LogP contribution in [-0.2, 0) is 6.54 Å². The summed E-state index contributed by atoms with van der Waals surface area (Å²) in [7, 11) is 0. The Morgan fingerprint density at radius 2 is 2.16 bits per heavy atom. The van der Waals surface area contributed by atoms with Crippen molar-refractivity contribution in [3.05, 3.63) is 29.8 Å². The monoisotopic (exact) mass is 261 g/mol. The van der Waals surface area contributed by atoms with E-state index in [0.717, 1.165) is 31.2 Å². The summed E-state index contributed by atoms with van der Waals surface area (Å²) in [5, 5.41) is 3.68. The van der Waals surface area contributed by atoms with Crippen molar-refractivity contribution in [3.63, 3.8) is 0 Å². The van der Waals surface area contributed by atoms with Crippen LogP contribution in [0.3, 0.4) is 0 Å². The molecule has 1 N–H and O–H groups in total. The summed E-state index contributed by atoms with van der Waals surface area (Å²) >= 11 is 0. The molecule has 106 valence electrons. The van der Waals surface area contributed by atoms with Crippen LogP contribution in [0.15, 0.2) is 24.3 Å². The largest absolute Gasteiger partial charge is 0.494 e. The molecule has 1 unspecified atom stereocenters. The number of ether oxygens (including phenoxy) is 1. The molecule has 1 aromatic carbocycles. The molecule has 1 fully saturated rings. The van der Waals surface area contributed by atoms with Gasteiger partial charge in [0.05, 0.1) is 6.61 Å². The van der Waals surface area contributed by atoms with Gasteiger partial charge in [0.25, 0.3) is 0 Å². The molecule has 0 aliphatic heterocycles. The van der Waals surface area contributed by atoms with E-state index in [1.165, 1.54) is 31.2 Å². The van der Waals surface area contributed by atoms with Crippen molar-refractivity contribution in [3.8, 4) is 5.75 Å². The summed E-state index contributed by atoms with van der Waals surface area (Å²) in [4.78, 5) is 0. The van der Waals surface area contributed by atoms with Gasteiger partial charge in [-0.15, -0.1) is 0 Å². The first-order chi connectivity index (χ1) is 9.31. The Morgan fingerprint density at radius 1 is 1.32 bits per heavy atom. The van der Waals surface area contributed by atoms with E-state index < -0.39 is 0 Å². The molecule has 0 aromatic heterocycles. The van der Waals surface area contributed by atoms with E-state index in [1.807, 2.05) is 6.07 Å². The van der Waals surface area contributed by atoms with Crippen molar-refractivity contribution in [2.75, 3.05) is 6.61 Å². The smallest absolute Gasteiger partial charge is 0.119 e. The highest BCUT2D eigenvalue weighted by molar-refractivity contribution is 5.28. The Bertz CT molecular complexity index is 373. The molecule has 2 nitrogen and oxygen atoms in total. The second kappa shape index (κ2) is 7.54. The standard InChI is InChI=1S/C17H27NO/c1-3-10-19-17-7-5-6-15(12-17)13-18-16(4-2)11-14-8-9-14/h5-7,12,14,16,18H,3-4,8-11,13H2,1-2H3. The highest BCUT2D eigenvalue weighted by Crippen LogP contribution is 2.34. The minimum absolute atomic E-state index is 0.674. The summed E-state index contributed by atoms with van der Waals surface area (Å²) in [6, 6.07) is 9.14. The Morgan fingerprint density at radius 3 is 2.84 bits per heavy atom. The third-order valence-electron chi connectivity index (χ3n) is 3.77. The molecule has 1 aliphatic carbocycles. The van der Waals surface area contributed by atoms with Crippen LogP contribution in [0.4, 0.5) is 0 Å². The Balaban J connectivity index is 1.80. The maximum atomic E-state index is 5.68. The van der Waals surface area contributed by atoms with Crippen molar-refractivity contribution in [2.45, 2.75) is 58.5 Å². The average molecular weight is 261 g/mol. The lowest BCUT2D eigenvalue weighted by molar-refractivity contribution is 0.317. The highest BCUT2D eigenvalue weighted by Gasteiger charge is 2.24. The minimum atomic E-state index is 0.674. The van der Waals surface area contributed by atoms with E-state index in [9.17, 15) is 0 Å². The quantitative estimate of drug-likeness (QED) is 0.721. The van der Waals surface area contributed by atoms with E-state index in [2.05, 4.69) is 37.4 Å². The molecular formula is C17H27NO. The lowest BCUT2D eigenvalue weighted by Crippen LogP contribution is -2.28. The van der Waals surface area contributed by atoms with E-state index in [0.29, 0.717) is 6.04 Å². The zero-order valence-corrected chi connectivity index (χ0v) is 12.3. The summed E-state index contributed by atoms with van der Waals surface area (Å²) < 4.78 is 5.68. The third kappa shape index (κ3) is 5.23. The molecule has 0 spiro atoms. The molecule has 1 aliphatic rings. The zero-order valence-electron chi connectivity index (χ0n) is 12.3. The Kier molecular flexibility index (Phi) is 5.71. The van der Waals surface area contributed by atoms with Gasteiger partial charge >= 0.3 is 0 Å². The summed E-state index contributed by atoms with van der Waals surface area (Å²) in [5.41, 5.74) is 1.32. The van der Waals surface area contributed by atoms with Gasteiger partial charge in [-0.1, -0.05) is 38.8 Å². The minimum Gasteiger partial charge on any atom is -0.494 e. The van der Waals surface area contributed by atoms with Crippen molar-refractivity contribution in [2.24, 2.45) is 5.92 Å². The molecule has 19 heavy (non-hydrogen) atoms. The van der Waals surface area contributed by atoms with E-state index in [-0.39, 0.29) is 0 Å². The van der Waals surface area contributed by atoms with Crippen LogP contribution >= 0.6 is 0 Å². The molecule has 0 bridgehead atoms. The third-order valence-corrected chi connectivity index (χ3v) is 3.77. The number of nitrogens with one attached hydrogen (secondary N) is 1. The van der Waals surface area contributed by atoms with Crippen molar-refractivity contribution in [1.29, 1.82) is 0 Å². The van der Waals surface area contributed by atoms with E-state index in [1.54, 1.807) is 0 Å². The molecule has 0 saturated heterocycles. The average Bonchev–Trinajstić information content (AvgIpc) is 3.25. The molecule has 0 heterocycles.